The van der Waals surface area contributed by atoms with E-state index in [1.807, 2.05) is 0 Å². The monoisotopic (exact) mass is 408 g/mol. The third kappa shape index (κ3) is 5.23. The Kier molecular flexibility index (Phi) is 6.53. The van der Waals surface area contributed by atoms with Crippen molar-refractivity contribution in [3.05, 3.63) is 11.1 Å². The first kappa shape index (κ1) is 22.8. The minimum atomic E-state index is -0.837. The quantitative estimate of drug-likeness (QED) is 0.311. The Hall–Kier alpha value is -0.910. The first-order chi connectivity index (χ1) is 13.5. The molecule has 1 aliphatic carbocycles. The van der Waals surface area contributed by atoms with Crippen molar-refractivity contribution in [2.24, 2.45) is 11.3 Å². The summed E-state index contributed by atoms with van der Waals surface area (Å²) in [6.45, 7) is 13.1. The van der Waals surface area contributed by atoms with E-state index < -0.39 is 11.9 Å². The first-order valence-corrected chi connectivity index (χ1v) is 11.4. The van der Waals surface area contributed by atoms with E-state index in [4.69, 9.17) is 19.6 Å². The average Bonchev–Trinajstić information content (AvgIpc) is 3.29. The van der Waals surface area contributed by atoms with Crippen LogP contribution in [0.4, 0.5) is 0 Å². The fourth-order valence-electron chi connectivity index (χ4n) is 5.29. The molecule has 0 saturated carbocycles. The zero-order chi connectivity index (χ0) is 21.4. The summed E-state index contributed by atoms with van der Waals surface area (Å²) in [5.74, 6) is -1.38. The molecule has 1 unspecified atom stereocenters. The van der Waals surface area contributed by atoms with E-state index in [0.717, 1.165) is 38.5 Å². The van der Waals surface area contributed by atoms with Crippen LogP contribution in [0.2, 0.25) is 0 Å². The van der Waals surface area contributed by atoms with Gasteiger partial charge >= 0.3 is 5.97 Å². The number of ether oxygens (including phenoxy) is 1. The van der Waals surface area contributed by atoms with Crippen LogP contribution in [0, 0.1) is 11.3 Å². The molecule has 2 fully saturated rings. The lowest BCUT2D eigenvalue weighted by Gasteiger charge is -2.37. The molecule has 166 valence electrons. The topological polar surface area (TPSA) is 68.3 Å². The van der Waals surface area contributed by atoms with Gasteiger partial charge in [-0.2, -0.15) is 0 Å². The molecule has 0 spiro atoms. The number of carboxylic acids is 1. The van der Waals surface area contributed by atoms with Crippen LogP contribution in [0.25, 0.3) is 0 Å². The lowest BCUT2D eigenvalue weighted by molar-refractivity contribution is -0.411. The highest BCUT2D eigenvalue weighted by atomic mass is 17.2. The zero-order valence-corrected chi connectivity index (χ0v) is 19.2. The molecule has 0 amide bonds. The maximum absolute atomic E-state index is 11.1. The molecule has 3 rings (SSSR count). The summed E-state index contributed by atoms with van der Waals surface area (Å²) in [5, 5.41) is 9.14. The largest absolute Gasteiger partial charge is 0.481 e. The van der Waals surface area contributed by atoms with Crippen molar-refractivity contribution >= 4 is 5.97 Å². The third-order valence-corrected chi connectivity index (χ3v) is 7.81. The second kappa shape index (κ2) is 8.32. The van der Waals surface area contributed by atoms with Crippen LogP contribution in [-0.2, 0) is 19.3 Å². The molecule has 0 bridgehead atoms. The van der Waals surface area contributed by atoms with Gasteiger partial charge in [-0.05, 0) is 90.9 Å². The molecule has 0 aromatic rings. The smallest absolute Gasteiger partial charge is 0.308 e. The van der Waals surface area contributed by atoms with Crippen LogP contribution in [-0.4, -0.2) is 34.5 Å². The molecule has 0 aromatic heterocycles. The molecule has 29 heavy (non-hydrogen) atoms. The van der Waals surface area contributed by atoms with Gasteiger partial charge in [0.2, 0.25) is 0 Å². The second-order valence-corrected chi connectivity index (χ2v) is 10.8. The highest BCUT2D eigenvalue weighted by Crippen LogP contribution is 2.49. The molecular formula is C24H40O5. The maximum Gasteiger partial charge on any atom is 0.308 e. The highest BCUT2D eigenvalue weighted by Gasteiger charge is 2.52. The van der Waals surface area contributed by atoms with E-state index in [-0.39, 0.29) is 23.4 Å². The molecular weight excluding hydrogens is 368 g/mol. The number of carboxylic acid groups (broad SMARTS) is 1. The number of aliphatic carboxylic acids is 1. The van der Waals surface area contributed by atoms with Crippen LogP contribution < -0.4 is 0 Å². The molecule has 1 N–H and O–H groups in total. The molecule has 5 nitrogen and oxygen atoms in total. The molecule has 3 aliphatic rings. The Morgan fingerprint density at radius 2 is 1.93 bits per heavy atom. The van der Waals surface area contributed by atoms with E-state index in [9.17, 15) is 4.79 Å². The van der Waals surface area contributed by atoms with E-state index in [2.05, 4.69) is 34.6 Å². The van der Waals surface area contributed by atoms with Crippen LogP contribution in [0.3, 0.4) is 0 Å². The average molecular weight is 409 g/mol. The van der Waals surface area contributed by atoms with Gasteiger partial charge in [0.15, 0.2) is 0 Å². The fraction of sp³-hybridized carbons (Fsp3) is 0.875. The summed E-state index contributed by atoms with van der Waals surface area (Å²) in [5.41, 5.74) is 3.19. The Morgan fingerprint density at radius 3 is 2.52 bits per heavy atom. The van der Waals surface area contributed by atoms with Crippen LogP contribution >= 0.6 is 0 Å². The van der Waals surface area contributed by atoms with Gasteiger partial charge in [0.05, 0.1) is 17.6 Å². The molecule has 0 radical (unpaired) electrons. The van der Waals surface area contributed by atoms with Gasteiger partial charge in [0.1, 0.15) is 11.7 Å². The van der Waals surface area contributed by atoms with Crippen molar-refractivity contribution in [3.63, 3.8) is 0 Å². The normalized spacial score (nSPS) is 38.0. The van der Waals surface area contributed by atoms with E-state index in [1.165, 1.54) is 19.3 Å². The Labute approximate surface area is 176 Å². The fourth-order valence-corrected chi connectivity index (χ4v) is 5.29. The van der Waals surface area contributed by atoms with Crippen LogP contribution in [0.1, 0.15) is 99.3 Å². The minimum Gasteiger partial charge on any atom is -0.481 e. The van der Waals surface area contributed by atoms with Gasteiger partial charge in [-0.3, -0.25) is 4.79 Å². The van der Waals surface area contributed by atoms with Crippen molar-refractivity contribution in [3.8, 4) is 0 Å². The van der Waals surface area contributed by atoms with Crippen molar-refractivity contribution < 1.29 is 24.4 Å². The van der Waals surface area contributed by atoms with Gasteiger partial charge in [0, 0.05) is 0 Å². The molecule has 2 aliphatic heterocycles. The number of carbonyl (C=O) groups is 1. The van der Waals surface area contributed by atoms with Crippen molar-refractivity contribution in [1.29, 1.82) is 0 Å². The molecule has 0 aromatic carbocycles. The number of hydrogen-bond donors (Lipinski definition) is 1. The predicted molar refractivity (Wildman–Crippen MR) is 112 cm³/mol. The minimum absolute atomic E-state index is 0.0208. The van der Waals surface area contributed by atoms with Crippen LogP contribution in [0.5, 0.6) is 0 Å². The van der Waals surface area contributed by atoms with Crippen LogP contribution in [0.15, 0.2) is 11.1 Å². The molecule has 5 atom stereocenters. The van der Waals surface area contributed by atoms with Crippen molar-refractivity contribution in [2.75, 3.05) is 0 Å². The van der Waals surface area contributed by atoms with E-state index in [1.54, 1.807) is 18.1 Å². The van der Waals surface area contributed by atoms with Gasteiger partial charge < -0.3 is 9.84 Å². The number of hydrogen-bond acceptors (Lipinski definition) is 4. The van der Waals surface area contributed by atoms with Gasteiger partial charge in [-0.1, -0.05) is 25.0 Å². The SMILES string of the molecule is CC1=C(CC[C@]2(C)O[C@H]2CC[C@]2(C)CCC([C@@H](C)C(=O)O)OO2)C(C)(C)CCC1. The third-order valence-electron chi connectivity index (χ3n) is 7.81. The predicted octanol–water partition coefficient (Wildman–Crippen LogP) is 5.82. The van der Waals surface area contributed by atoms with E-state index in [0.29, 0.717) is 5.41 Å². The maximum atomic E-state index is 11.1. The summed E-state index contributed by atoms with van der Waals surface area (Å²) in [6.07, 6.45) is 9.35. The summed E-state index contributed by atoms with van der Waals surface area (Å²) in [6, 6.07) is 0. The Balaban J connectivity index is 1.44. The second-order valence-electron chi connectivity index (χ2n) is 10.8. The van der Waals surface area contributed by atoms with Gasteiger partial charge in [-0.15, -0.1) is 0 Å². The lowest BCUT2D eigenvalue weighted by atomic mass is 9.70. The van der Waals surface area contributed by atoms with Gasteiger partial charge in [-0.25, -0.2) is 9.78 Å². The summed E-state index contributed by atoms with van der Waals surface area (Å²) in [4.78, 5) is 22.3. The zero-order valence-electron chi connectivity index (χ0n) is 19.2. The molecule has 2 heterocycles. The number of allylic oxidation sites excluding steroid dienone is 2. The summed E-state index contributed by atoms with van der Waals surface area (Å²) < 4.78 is 6.13. The summed E-state index contributed by atoms with van der Waals surface area (Å²) in [7, 11) is 0. The highest BCUT2D eigenvalue weighted by molar-refractivity contribution is 5.70. The van der Waals surface area contributed by atoms with E-state index >= 15 is 0 Å². The lowest BCUT2D eigenvalue weighted by Crippen LogP contribution is -2.41. The Morgan fingerprint density at radius 1 is 1.21 bits per heavy atom. The molecule has 5 heteroatoms. The molecule has 2 saturated heterocycles. The van der Waals surface area contributed by atoms with Crippen molar-refractivity contribution in [1.82, 2.24) is 0 Å². The Bertz CT molecular complexity index is 644. The summed E-state index contributed by atoms with van der Waals surface area (Å²) >= 11 is 0. The first-order valence-electron chi connectivity index (χ1n) is 11.4. The standard InChI is InChI=1S/C24H40O5/c1-16-8-7-12-22(3,4)18(16)9-15-24(6)20(27-24)11-14-23(5)13-10-19(28-29-23)17(2)21(25)26/h17,19-20H,7-15H2,1-6H3,(H,25,26)/t17-,19?,20+,23+,24+/m1/s1. The van der Waals surface area contributed by atoms with Gasteiger partial charge in [0.25, 0.3) is 0 Å². The van der Waals surface area contributed by atoms with Crippen molar-refractivity contribution in [2.45, 2.75) is 123 Å². The number of epoxide rings is 1. The number of rotatable bonds is 8.